The molecule has 4 nitrogen and oxygen atoms in total. The fourth-order valence-corrected chi connectivity index (χ4v) is 2.39. The Hall–Kier alpha value is -0.870. The second-order valence-electron chi connectivity index (χ2n) is 5.24. The summed E-state index contributed by atoms with van der Waals surface area (Å²) in [6.07, 6.45) is 7.80. The predicted octanol–water partition coefficient (Wildman–Crippen LogP) is 2.32. The van der Waals surface area contributed by atoms with E-state index in [4.69, 9.17) is 5.73 Å². The zero-order valence-electron chi connectivity index (χ0n) is 12.3. The average Bonchev–Trinajstić information content (AvgIpc) is 2.74. The molecule has 0 fully saturated rings. The lowest BCUT2D eigenvalue weighted by atomic mass is 10.1. The van der Waals surface area contributed by atoms with E-state index in [9.17, 15) is 0 Å². The molecule has 18 heavy (non-hydrogen) atoms. The van der Waals surface area contributed by atoms with Crippen LogP contribution in [0.25, 0.3) is 0 Å². The highest BCUT2D eigenvalue weighted by Crippen LogP contribution is 2.22. The van der Waals surface area contributed by atoms with E-state index < -0.39 is 0 Å². The van der Waals surface area contributed by atoms with Gasteiger partial charge in [0, 0.05) is 31.4 Å². The average molecular weight is 252 g/mol. The molecule has 104 valence electrons. The second kappa shape index (κ2) is 7.54. The highest BCUT2D eigenvalue weighted by molar-refractivity contribution is 5.11. The van der Waals surface area contributed by atoms with Gasteiger partial charge in [0.2, 0.25) is 0 Å². The Morgan fingerprint density at radius 1 is 1.39 bits per heavy atom. The van der Waals surface area contributed by atoms with Gasteiger partial charge in [-0.2, -0.15) is 5.10 Å². The summed E-state index contributed by atoms with van der Waals surface area (Å²) in [5.74, 6) is 0. The summed E-state index contributed by atoms with van der Waals surface area (Å²) in [4.78, 5) is 2.49. The topological polar surface area (TPSA) is 47.1 Å². The number of aryl methyl sites for hydroxylation is 1. The molecular weight excluding hydrogens is 224 g/mol. The van der Waals surface area contributed by atoms with E-state index in [1.165, 1.54) is 24.8 Å². The van der Waals surface area contributed by atoms with Crippen LogP contribution in [0, 0.1) is 0 Å². The molecule has 0 saturated carbocycles. The molecule has 1 unspecified atom stereocenters. The van der Waals surface area contributed by atoms with Crippen molar-refractivity contribution in [1.82, 2.24) is 14.7 Å². The van der Waals surface area contributed by atoms with Gasteiger partial charge in [0.15, 0.2) is 0 Å². The minimum absolute atomic E-state index is 0.288. The molecular formula is C14H28N4. The molecule has 0 aliphatic rings. The third-order valence-electron chi connectivity index (χ3n) is 3.42. The molecule has 0 amide bonds. The predicted molar refractivity (Wildman–Crippen MR) is 76.4 cm³/mol. The van der Waals surface area contributed by atoms with Gasteiger partial charge in [0.1, 0.15) is 0 Å². The lowest BCUT2D eigenvalue weighted by molar-refractivity contribution is 0.154. The molecule has 0 aliphatic heterocycles. The van der Waals surface area contributed by atoms with E-state index in [0.717, 1.165) is 6.54 Å². The van der Waals surface area contributed by atoms with Crippen LogP contribution in [0.4, 0.5) is 0 Å². The van der Waals surface area contributed by atoms with Gasteiger partial charge in [-0.15, -0.1) is 0 Å². The van der Waals surface area contributed by atoms with Crippen LogP contribution < -0.4 is 5.73 Å². The summed E-state index contributed by atoms with van der Waals surface area (Å²) in [5.41, 5.74) is 7.21. The molecule has 1 heterocycles. The van der Waals surface area contributed by atoms with Gasteiger partial charge in [0.05, 0.1) is 12.2 Å². The van der Waals surface area contributed by atoms with Crippen LogP contribution in [-0.2, 0) is 7.05 Å². The quantitative estimate of drug-likeness (QED) is 0.722. The zero-order chi connectivity index (χ0) is 13.5. The number of hydrogen-bond acceptors (Lipinski definition) is 3. The van der Waals surface area contributed by atoms with Crippen LogP contribution in [0.2, 0.25) is 0 Å². The number of unbranched alkanes of at least 4 members (excludes halogenated alkanes) is 2. The first kappa shape index (κ1) is 15.2. The lowest BCUT2D eigenvalue weighted by Gasteiger charge is -2.33. The highest BCUT2D eigenvalue weighted by atomic mass is 15.3. The first-order valence-electron chi connectivity index (χ1n) is 7.04. The Kier molecular flexibility index (Phi) is 6.36. The summed E-state index contributed by atoms with van der Waals surface area (Å²) in [5, 5.41) is 4.26. The Morgan fingerprint density at radius 3 is 2.56 bits per heavy atom. The summed E-state index contributed by atoms with van der Waals surface area (Å²) in [6.45, 7) is 8.48. The van der Waals surface area contributed by atoms with Crippen LogP contribution >= 0.6 is 0 Å². The van der Waals surface area contributed by atoms with E-state index in [-0.39, 0.29) is 6.04 Å². The Bertz CT molecular complexity index is 332. The monoisotopic (exact) mass is 252 g/mol. The van der Waals surface area contributed by atoms with Crippen molar-refractivity contribution in [3.05, 3.63) is 18.0 Å². The van der Waals surface area contributed by atoms with Crippen LogP contribution in [0.5, 0.6) is 0 Å². The number of hydrogen-bond donors (Lipinski definition) is 1. The van der Waals surface area contributed by atoms with Gasteiger partial charge in [-0.1, -0.05) is 19.8 Å². The molecule has 0 bridgehead atoms. The molecule has 1 aromatic rings. The molecule has 0 spiro atoms. The first-order valence-corrected chi connectivity index (χ1v) is 7.04. The molecule has 0 saturated heterocycles. The SMILES string of the molecule is CCCCCN(C(C)C)C(CN)c1cnn(C)c1. The van der Waals surface area contributed by atoms with Crippen LogP contribution in [0.1, 0.15) is 51.6 Å². The summed E-state index contributed by atoms with van der Waals surface area (Å²) in [6, 6.07) is 0.797. The van der Waals surface area contributed by atoms with Crippen molar-refractivity contribution in [2.45, 2.75) is 52.1 Å². The molecule has 1 aromatic heterocycles. The smallest absolute Gasteiger partial charge is 0.0538 e. The van der Waals surface area contributed by atoms with Gasteiger partial charge >= 0.3 is 0 Å². The molecule has 4 heteroatoms. The Labute approximate surface area is 111 Å². The summed E-state index contributed by atoms with van der Waals surface area (Å²) >= 11 is 0. The largest absolute Gasteiger partial charge is 0.329 e. The highest BCUT2D eigenvalue weighted by Gasteiger charge is 2.22. The summed E-state index contributed by atoms with van der Waals surface area (Å²) < 4.78 is 1.85. The van der Waals surface area contributed by atoms with Gasteiger partial charge in [-0.25, -0.2) is 0 Å². The van der Waals surface area contributed by atoms with E-state index in [1.807, 2.05) is 17.9 Å². The van der Waals surface area contributed by atoms with Crippen molar-refractivity contribution in [3.63, 3.8) is 0 Å². The van der Waals surface area contributed by atoms with Crippen molar-refractivity contribution in [1.29, 1.82) is 0 Å². The molecule has 0 radical (unpaired) electrons. The van der Waals surface area contributed by atoms with E-state index in [0.29, 0.717) is 12.6 Å². The zero-order valence-corrected chi connectivity index (χ0v) is 12.3. The lowest BCUT2D eigenvalue weighted by Crippen LogP contribution is -2.39. The summed E-state index contributed by atoms with van der Waals surface area (Å²) in [7, 11) is 1.95. The maximum absolute atomic E-state index is 5.98. The van der Waals surface area contributed by atoms with E-state index >= 15 is 0 Å². The van der Waals surface area contributed by atoms with Crippen LogP contribution in [-0.4, -0.2) is 33.8 Å². The van der Waals surface area contributed by atoms with Crippen LogP contribution in [0.3, 0.4) is 0 Å². The fourth-order valence-electron chi connectivity index (χ4n) is 2.39. The Balaban J connectivity index is 2.74. The van der Waals surface area contributed by atoms with Crippen LogP contribution in [0.15, 0.2) is 12.4 Å². The third kappa shape index (κ3) is 4.10. The van der Waals surface area contributed by atoms with Crippen molar-refractivity contribution in [2.24, 2.45) is 12.8 Å². The van der Waals surface area contributed by atoms with E-state index in [2.05, 4.69) is 37.0 Å². The van der Waals surface area contributed by atoms with Gasteiger partial charge in [-0.3, -0.25) is 9.58 Å². The number of aromatic nitrogens is 2. The fraction of sp³-hybridized carbons (Fsp3) is 0.786. The molecule has 2 N–H and O–H groups in total. The van der Waals surface area contributed by atoms with Crippen molar-refractivity contribution in [2.75, 3.05) is 13.1 Å². The number of nitrogens with zero attached hydrogens (tertiary/aromatic N) is 3. The maximum atomic E-state index is 5.98. The molecule has 1 rings (SSSR count). The van der Waals surface area contributed by atoms with Crippen molar-refractivity contribution in [3.8, 4) is 0 Å². The Morgan fingerprint density at radius 2 is 2.11 bits per heavy atom. The third-order valence-corrected chi connectivity index (χ3v) is 3.42. The number of rotatable bonds is 8. The van der Waals surface area contributed by atoms with Crippen molar-refractivity contribution >= 4 is 0 Å². The minimum Gasteiger partial charge on any atom is -0.329 e. The van der Waals surface area contributed by atoms with Gasteiger partial charge in [0.25, 0.3) is 0 Å². The molecule has 0 aliphatic carbocycles. The van der Waals surface area contributed by atoms with Gasteiger partial charge in [-0.05, 0) is 26.8 Å². The molecule has 1 atom stereocenters. The van der Waals surface area contributed by atoms with Gasteiger partial charge < -0.3 is 5.73 Å². The van der Waals surface area contributed by atoms with E-state index in [1.54, 1.807) is 0 Å². The van der Waals surface area contributed by atoms with Crippen molar-refractivity contribution < 1.29 is 0 Å². The normalized spacial score (nSPS) is 13.5. The second-order valence-corrected chi connectivity index (χ2v) is 5.24. The minimum atomic E-state index is 0.288. The maximum Gasteiger partial charge on any atom is 0.0538 e. The molecule has 0 aromatic carbocycles. The standard InChI is InChI=1S/C14H28N4/c1-5-6-7-8-18(12(2)3)14(9-15)13-10-16-17(4)11-13/h10-12,14H,5-9,15H2,1-4H3. The number of nitrogens with two attached hydrogens (primary N) is 1. The first-order chi connectivity index (χ1) is 8.60.